The van der Waals surface area contributed by atoms with E-state index in [1.807, 2.05) is 13.0 Å². The Morgan fingerprint density at radius 3 is 2.70 bits per heavy atom. The molecule has 0 aliphatic heterocycles. The van der Waals surface area contributed by atoms with Gasteiger partial charge in [0.25, 0.3) is 11.6 Å². The van der Waals surface area contributed by atoms with E-state index in [1.165, 1.54) is 6.42 Å². The van der Waals surface area contributed by atoms with Crippen LogP contribution in [0.5, 0.6) is 0 Å². The molecular weight excluding hydrogens is 340 g/mol. The quantitative estimate of drug-likeness (QED) is 0.819. The van der Waals surface area contributed by atoms with Crippen molar-refractivity contribution >= 4 is 22.7 Å². The van der Waals surface area contributed by atoms with Crippen LogP contribution in [0.15, 0.2) is 15.7 Å². The van der Waals surface area contributed by atoms with Gasteiger partial charge in [-0.1, -0.05) is 25.9 Å². The number of hydrazone groups is 1. The van der Waals surface area contributed by atoms with E-state index in [0.717, 1.165) is 37.1 Å². The topological polar surface area (TPSA) is 80.4 Å². The number of pyridine rings is 1. The first kappa shape index (κ1) is 16.9. The van der Waals surface area contributed by atoms with Crippen molar-refractivity contribution in [2.45, 2.75) is 65.7 Å². The Bertz CT molecular complexity index is 985. The second kappa shape index (κ2) is 5.40. The number of rotatable bonds is 3. The van der Waals surface area contributed by atoms with Gasteiger partial charge in [-0.05, 0) is 56.4 Å². The van der Waals surface area contributed by atoms with E-state index in [9.17, 15) is 4.79 Å². The van der Waals surface area contributed by atoms with E-state index in [-0.39, 0.29) is 16.7 Å². The molecule has 3 aliphatic carbocycles. The summed E-state index contributed by atoms with van der Waals surface area (Å²) in [6, 6.07) is 1.90. The van der Waals surface area contributed by atoms with Crippen LogP contribution >= 0.6 is 0 Å². The molecule has 2 bridgehead atoms. The minimum absolute atomic E-state index is 0.0742. The molecule has 3 aliphatic rings. The van der Waals surface area contributed by atoms with Gasteiger partial charge in [-0.15, -0.1) is 0 Å². The number of fused-ring (bicyclic) bond motifs is 3. The summed E-state index contributed by atoms with van der Waals surface area (Å²) in [6.07, 6.45) is 5.62. The predicted molar refractivity (Wildman–Crippen MR) is 103 cm³/mol. The van der Waals surface area contributed by atoms with E-state index in [4.69, 9.17) is 4.52 Å². The van der Waals surface area contributed by atoms with Crippen LogP contribution in [0.25, 0.3) is 11.1 Å². The van der Waals surface area contributed by atoms with Crippen molar-refractivity contribution < 1.29 is 9.32 Å². The fourth-order valence-corrected chi connectivity index (χ4v) is 5.16. The first-order valence-corrected chi connectivity index (χ1v) is 9.95. The molecule has 2 aromatic rings. The summed E-state index contributed by atoms with van der Waals surface area (Å²) in [5, 5.41) is 9.30. The highest BCUT2D eigenvalue weighted by atomic mass is 16.5. The van der Waals surface area contributed by atoms with Gasteiger partial charge in [-0.3, -0.25) is 4.79 Å². The highest BCUT2D eigenvalue weighted by Crippen LogP contribution is 2.63. The maximum atomic E-state index is 13.0. The maximum absolute atomic E-state index is 13.0. The fourth-order valence-electron chi connectivity index (χ4n) is 5.16. The van der Waals surface area contributed by atoms with E-state index < -0.39 is 0 Å². The van der Waals surface area contributed by atoms with Crippen molar-refractivity contribution in [1.29, 1.82) is 0 Å². The largest absolute Gasteiger partial charge is 0.336 e. The average molecular weight is 366 g/mol. The van der Waals surface area contributed by atoms with E-state index >= 15 is 0 Å². The number of nitrogens with zero attached hydrogens (tertiary/aromatic N) is 3. The van der Waals surface area contributed by atoms with Crippen molar-refractivity contribution in [3.05, 3.63) is 23.0 Å². The number of aryl methyl sites for hydroxylation is 1. The van der Waals surface area contributed by atoms with Crippen LogP contribution in [0.2, 0.25) is 0 Å². The molecule has 2 atom stereocenters. The molecule has 3 saturated carbocycles. The summed E-state index contributed by atoms with van der Waals surface area (Å²) in [5.41, 5.74) is 6.90. The lowest BCUT2D eigenvalue weighted by molar-refractivity contribution is 0.0955. The molecule has 1 amide bonds. The molecule has 2 unspecified atom stereocenters. The van der Waals surface area contributed by atoms with Gasteiger partial charge in [-0.2, -0.15) is 5.10 Å². The first-order chi connectivity index (χ1) is 12.8. The smallest absolute Gasteiger partial charge is 0.272 e. The molecule has 0 spiro atoms. The lowest BCUT2D eigenvalue weighted by Gasteiger charge is -2.34. The molecule has 5 rings (SSSR count). The lowest BCUT2D eigenvalue weighted by atomic mass is 9.70. The molecule has 6 nitrogen and oxygen atoms in total. The Morgan fingerprint density at radius 1 is 1.30 bits per heavy atom. The van der Waals surface area contributed by atoms with Crippen molar-refractivity contribution in [2.24, 2.45) is 21.8 Å². The minimum atomic E-state index is -0.202. The number of nitrogens with one attached hydrogen (secondary N) is 1. The Labute approximate surface area is 158 Å². The molecule has 2 heterocycles. The zero-order valence-corrected chi connectivity index (χ0v) is 16.4. The molecule has 6 heteroatoms. The van der Waals surface area contributed by atoms with Gasteiger partial charge in [0, 0.05) is 22.7 Å². The molecule has 1 N–H and O–H groups in total. The third kappa shape index (κ3) is 2.31. The second-order valence-electron chi connectivity index (χ2n) is 9.31. The summed E-state index contributed by atoms with van der Waals surface area (Å²) < 4.78 is 5.34. The third-order valence-electron chi connectivity index (χ3n) is 7.68. The van der Waals surface area contributed by atoms with Crippen molar-refractivity contribution in [1.82, 2.24) is 15.6 Å². The third-order valence-corrected chi connectivity index (χ3v) is 7.68. The van der Waals surface area contributed by atoms with Gasteiger partial charge in [0.05, 0.1) is 16.6 Å². The van der Waals surface area contributed by atoms with Crippen LogP contribution in [0.4, 0.5) is 0 Å². The van der Waals surface area contributed by atoms with Crippen LogP contribution in [0.1, 0.15) is 80.5 Å². The Kier molecular flexibility index (Phi) is 3.38. The van der Waals surface area contributed by atoms with Crippen LogP contribution in [-0.2, 0) is 0 Å². The summed E-state index contributed by atoms with van der Waals surface area (Å²) in [5.74, 6) is 0.891. The van der Waals surface area contributed by atoms with Crippen LogP contribution < -0.4 is 5.43 Å². The van der Waals surface area contributed by atoms with Crippen LogP contribution in [0, 0.1) is 23.7 Å². The van der Waals surface area contributed by atoms with Gasteiger partial charge in [0.2, 0.25) is 0 Å². The first-order valence-electron chi connectivity index (χ1n) is 9.95. The Morgan fingerprint density at radius 2 is 2.07 bits per heavy atom. The number of carbonyl (C=O) groups is 1. The van der Waals surface area contributed by atoms with Crippen molar-refractivity contribution in [3.8, 4) is 0 Å². The van der Waals surface area contributed by atoms with Gasteiger partial charge >= 0.3 is 0 Å². The SMILES string of the molecule is Cc1noc2nc(C3CC3)cc(C(=O)NN=C3CC4CCC3(C)C4(C)C)c12. The van der Waals surface area contributed by atoms with Crippen LogP contribution in [0.3, 0.4) is 0 Å². The van der Waals surface area contributed by atoms with Crippen molar-refractivity contribution in [3.63, 3.8) is 0 Å². The zero-order chi connectivity index (χ0) is 19.0. The summed E-state index contributed by atoms with van der Waals surface area (Å²) in [4.78, 5) is 17.6. The fraction of sp³-hybridized carbons (Fsp3) is 0.619. The lowest BCUT2D eigenvalue weighted by Crippen LogP contribution is -2.34. The molecule has 2 aromatic heterocycles. The van der Waals surface area contributed by atoms with Crippen LogP contribution in [-0.4, -0.2) is 21.8 Å². The van der Waals surface area contributed by atoms with E-state index in [0.29, 0.717) is 34.2 Å². The molecule has 0 radical (unpaired) electrons. The monoisotopic (exact) mass is 366 g/mol. The molecule has 0 saturated heterocycles. The zero-order valence-electron chi connectivity index (χ0n) is 16.4. The average Bonchev–Trinajstić information content (AvgIpc) is 3.35. The number of hydrogen-bond acceptors (Lipinski definition) is 5. The Hall–Kier alpha value is -2.24. The molecule has 3 fully saturated rings. The number of aromatic nitrogens is 2. The standard InChI is InChI=1S/C21H26N4O2/c1-11-17-14(10-15(12-5-6-12)22-19(17)27-25-11)18(26)24-23-16-9-13-7-8-21(16,4)20(13,2)3/h10,12-13H,5-9H2,1-4H3,(H,24,26). The van der Waals surface area contributed by atoms with Gasteiger partial charge in [0.1, 0.15) is 0 Å². The summed E-state index contributed by atoms with van der Waals surface area (Å²) in [7, 11) is 0. The second-order valence-corrected chi connectivity index (χ2v) is 9.31. The number of amides is 1. The molecule has 27 heavy (non-hydrogen) atoms. The van der Waals surface area contributed by atoms with Crippen molar-refractivity contribution in [2.75, 3.05) is 0 Å². The van der Waals surface area contributed by atoms with Gasteiger partial charge in [-0.25, -0.2) is 10.4 Å². The van der Waals surface area contributed by atoms with E-state index in [1.54, 1.807) is 0 Å². The Balaban J connectivity index is 1.48. The molecule has 142 valence electrons. The maximum Gasteiger partial charge on any atom is 0.272 e. The highest BCUT2D eigenvalue weighted by molar-refractivity contribution is 6.06. The minimum Gasteiger partial charge on any atom is -0.336 e. The number of carbonyl (C=O) groups excluding carboxylic acids is 1. The predicted octanol–water partition coefficient (Wildman–Crippen LogP) is 4.34. The normalized spacial score (nSPS) is 30.4. The molecular formula is C21H26N4O2. The molecule has 0 aromatic carbocycles. The highest BCUT2D eigenvalue weighted by Gasteiger charge is 2.60. The summed E-state index contributed by atoms with van der Waals surface area (Å²) in [6.45, 7) is 8.81. The van der Waals surface area contributed by atoms with E-state index in [2.05, 4.69) is 41.4 Å². The number of hydrogen-bond donors (Lipinski definition) is 1. The van der Waals surface area contributed by atoms with Gasteiger partial charge in [0.15, 0.2) is 0 Å². The van der Waals surface area contributed by atoms with Gasteiger partial charge < -0.3 is 4.52 Å². The summed E-state index contributed by atoms with van der Waals surface area (Å²) >= 11 is 0.